The van der Waals surface area contributed by atoms with E-state index in [9.17, 15) is 9.18 Å². The number of aromatic nitrogens is 2. The van der Waals surface area contributed by atoms with Crippen molar-refractivity contribution in [1.29, 1.82) is 0 Å². The average molecular weight is 316 g/mol. The molecule has 0 spiro atoms. The summed E-state index contributed by atoms with van der Waals surface area (Å²) in [5.74, 6) is -1.06. The number of para-hydroxylation sites is 1. The standard InChI is InChI=1S/C16H11ClFN3O/c17-11-6-7-13(18)15(10-11)19-16(22)14-8-9-21(20-14)12-4-2-1-3-5-12/h1-10H,(H,19,22). The van der Waals surface area contributed by atoms with Gasteiger partial charge in [0.15, 0.2) is 5.69 Å². The molecular formula is C16H11ClFN3O. The minimum atomic E-state index is -0.555. The molecule has 2 aromatic carbocycles. The van der Waals surface area contributed by atoms with Crippen LogP contribution in [0.5, 0.6) is 0 Å². The number of hydrogen-bond acceptors (Lipinski definition) is 2. The van der Waals surface area contributed by atoms with Crippen LogP contribution in [0.3, 0.4) is 0 Å². The molecule has 1 N–H and O–H groups in total. The van der Waals surface area contributed by atoms with Gasteiger partial charge in [0, 0.05) is 11.2 Å². The summed E-state index contributed by atoms with van der Waals surface area (Å²) < 4.78 is 15.2. The predicted octanol–water partition coefficient (Wildman–Crippen LogP) is 3.92. The van der Waals surface area contributed by atoms with Gasteiger partial charge in [-0.25, -0.2) is 9.07 Å². The lowest BCUT2D eigenvalue weighted by Gasteiger charge is -2.05. The Labute approximate surface area is 131 Å². The second-order valence-electron chi connectivity index (χ2n) is 4.56. The topological polar surface area (TPSA) is 46.9 Å². The maximum Gasteiger partial charge on any atom is 0.276 e. The fourth-order valence-corrected chi connectivity index (χ4v) is 2.12. The lowest BCUT2D eigenvalue weighted by molar-refractivity contribution is 0.102. The summed E-state index contributed by atoms with van der Waals surface area (Å²) in [5.41, 5.74) is 1.03. The number of rotatable bonds is 3. The van der Waals surface area contributed by atoms with Crippen LogP contribution >= 0.6 is 11.6 Å². The van der Waals surface area contributed by atoms with Crippen molar-refractivity contribution in [1.82, 2.24) is 9.78 Å². The molecule has 22 heavy (non-hydrogen) atoms. The van der Waals surface area contributed by atoms with Gasteiger partial charge in [0.05, 0.1) is 11.4 Å². The van der Waals surface area contributed by atoms with Crippen LogP contribution in [-0.4, -0.2) is 15.7 Å². The normalized spacial score (nSPS) is 10.5. The molecule has 1 aromatic heterocycles. The van der Waals surface area contributed by atoms with E-state index in [0.29, 0.717) is 5.02 Å². The van der Waals surface area contributed by atoms with Crippen LogP contribution in [0.1, 0.15) is 10.5 Å². The number of carbonyl (C=O) groups excluding carboxylic acids is 1. The lowest BCUT2D eigenvalue weighted by Crippen LogP contribution is -2.14. The molecular weight excluding hydrogens is 305 g/mol. The van der Waals surface area contributed by atoms with E-state index in [0.717, 1.165) is 5.69 Å². The highest BCUT2D eigenvalue weighted by Crippen LogP contribution is 2.20. The molecule has 1 amide bonds. The minimum Gasteiger partial charge on any atom is -0.318 e. The van der Waals surface area contributed by atoms with E-state index < -0.39 is 11.7 Å². The third-order valence-electron chi connectivity index (χ3n) is 3.02. The van der Waals surface area contributed by atoms with Gasteiger partial charge < -0.3 is 5.32 Å². The number of carbonyl (C=O) groups is 1. The molecule has 0 aliphatic rings. The van der Waals surface area contributed by atoms with Crippen LogP contribution in [-0.2, 0) is 0 Å². The van der Waals surface area contributed by atoms with Crippen LogP contribution in [0, 0.1) is 5.82 Å². The predicted molar refractivity (Wildman–Crippen MR) is 82.9 cm³/mol. The summed E-state index contributed by atoms with van der Waals surface area (Å²) in [6, 6.07) is 14.9. The van der Waals surface area contributed by atoms with Crippen LogP contribution in [0.2, 0.25) is 5.02 Å². The van der Waals surface area contributed by atoms with Gasteiger partial charge in [-0.15, -0.1) is 0 Å². The first-order chi connectivity index (χ1) is 10.6. The Morgan fingerprint density at radius 1 is 1.14 bits per heavy atom. The number of nitrogens with zero attached hydrogens (tertiary/aromatic N) is 2. The first kappa shape index (κ1) is 14.3. The van der Waals surface area contributed by atoms with Gasteiger partial charge in [-0.2, -0.15) is 5.10 Å². The highest BCUT2D eigenvalue weighted by atomic mass is 35.5. The summed E-state index contributed by atoms with van der Waals surface area (Å²) in [4.78, 5) is 12.1. The van der Waals surface area contributed by atoms with E-state index >= 15 is 0 Å². The van der Waals surface area contributed by atoms with Crippen LogP contribution < -0.4 is 5.32 Å². The van der Waals surface area contributed by atoms with Crippen molar-refractivity contribution in [2.75, 3.05) is 5.32 Å². The fraction of sp³-hybridized carbons (Fsp3) is 0. The van der Waals surface area contributed by atoms with Crippen molar-refractivity contribution in [3.05, 3.63) is 77.3 Å². The van der Waals surface area contributed by atoms with Gasteiger partial charge in [-0.3, -0.25) is 4.79 Å². The molecule has 3 rings (SSSR count). The van der Waals surface area contributed by atoms with Crippen molar-refractivity contribution >= 4 is 23.2 Å². The molecule has 0 bridgehead atoms. The van der Waals surface area contributed by atoms with Crippen LogP contribution in [0.15, 0.2) is 60.8 Å². The Hall–Kier alpha value is -2.66. The molecule has 6 heteroatoms. The van der Waals surface area contributed by atoms with E-state index in [1.807, 2.05) is 30.3 Å². The number of amides is 1. The van der Waals surface area contributed by atoms with Crippen molar-refractivity contribution in [2.24, 2.45) is 0 Å². The van der Waals surface area contributed by atoms with Crippen LogP contribution in [0.25, 0.3) is 5.69 Å². The summed E-state index contributed by atoms with van der Waals surface area (Å²) >= 11 is 5.79. The fourth-order valence-electron chi connectivity index (χ4n) is 1.95. The molecule has 0 fully saturated rings. The van der Waals surface area contributed by atoms with Crippen molar-refractivity contribution in [2.45, 2.75) is 0 Å². The summed E-state index contributed by atoms with van der Waals surface area (Å²) in [7, 11) is 0. The average Bonchev–Trinajstić information content (AvgIpc) is 3.02. The van der Waals surface area contributed by atoms with Gasteiger partial charge in [0.25, 0.3) is 5.91 Å². The monoisotopic (exact) mass is 315 g/mol. The molecule has 4 nitrogen and oxygen atoms in total. The Morgan fingerprint density at radius 2 is 1.91 bits per heavy atom. The van der Waals surface area contributed by atoms with E-state index in [1.54, 1.807) is 16.9 Å². The maximum absolute atomic E-state index is 13.6. The summed E-state index contributed by atoms with van der Waals surface area (Å²) in [6.45, 7) is 0. The van der Waals surface area contributed by atoms with Gasteiger partial charge in [0.2, 0.25) is 0 Å². The summed E-state index contributed by atoms with van der Waals surface area (Å²) in [5, 5.41) is 6.98. The zero-order valence-electron chi connectivity index (χ0n) is 11.3. The zero-order chi connectivity index (χ0) is 15.5. The zero-order valence-corrected chi connectivity index (χ0v) is 12.1. The van der Waals surface area contributed by atoms with E-state index in [-0.39, 0.29) is 11.4 Å². The minimum absolute atomic E-state index is 0.0201. The second kappa shape index (κ2) is 5.99. The molecule has 0 saturated heterocycles. The van der Waals surface area contributed by atoms with Gasteiger partial charge >= 0.3 is 0 Å². The number of hydrogen-bond donors (Lipinski definition) is 1. The smallest absolute Gasteiger partial charge is 0.276 e. The molecule has 0 saturated carbocycles. The third-order valence-corrected chi connectivity index (χ3v) is 3.25. The molecule has 0 unspecified atom stereocenters. The second-order valence-corrected chi connectivity index (χ2v) is 5.00. The van der Waals surface area contributed by atoms with Crippen molar-refractivity contribution in [3.8, 4) is 5.69 Å². The highest BCUT2D eigenvalue weighted by Gasteiger charge is 2.13. The molecule has 0 radical (unpaired) electrons. The Morgan fingerprint density at radius 3 is 2.68 bits per heavy atom. The van der Waals surface area contributed by atoms with Gasteiger partial charge in [-0.05, 0) is 36.4 Å². The number of anilines is 1. The maximum atomic E-state index is 13.6. The van der Waals surface area contributed by atoms with E-state index in [2.05, 4.69) is 10.4 Å². The molecule has 0 atom stereocenters. The Kier molecular flexibility index (Phi) is 3.89. The first-order valence-corrected chi connectivity index (χ1v) is 6.89. The lowest BCUT2D eigenvalue weighted by atomic mass is 10.3. The first-order valence-electron chi connectivity index (χ1n) is 6.51. The van der Waals surface area contributed by atoms with Crippen molar-refractivity contribution in [3.63, 3.8) is 0 Å². The van der Waals surface area contributed by atoms with E-state index in [4.69, 9.17) is 11.6 Å². The van der Waals surface area contributed by atoms with Crippen molar-refractivity contribution < 1.29 is 9.18 Å². The number of benzene rings is 2. The molecule has 0 aliphatic carbocycles. The highest BCUT2D eigenvalue weighted by molar-refractivity contribution is 6.31. The molecule has 3 aromatic rings. The van der Waals surface area contributed by atoms with Crippen LogP contribution in [0.4, 0.5) is 10.1 Å². The number of nitrogens with one attached hydrogen (secondary N) is 1. The van der Waals surface area contributed by atoms with Gasteiger partial charge in [-0.1, -0.05) is 29.8 Å². The molecule has 110 valence electrons. The van der Waals surface area contributed by atoms with Gasteiger partial charge in [0.1, 0.15) is 5.82 Å². The Balaban J connectivity index is 1.81. The van der Waals surface area contributed by atoms with E-state index in [1.165, 1.54) is 18.2 Å². The third kappa shape index (κ3) is 2.99. The molecule has 1 heterocycles. The largest absolute Gasteiger partial charge is 0.318 e. The SMILES string of the molecule is O=C(Nc1cc(Cl)ccc1F)c1ccn(-c2ccccc2)n1. The Bertz CT molecular complexity index is 817. The summed E-state index contributed by atoms with van der Waals surface area (Å²) in [6.07, 6.45) is 1.67. The quantitative estimate of drug-likeness (QED) is 0.796. The molecule has 0 aliphatic heterocycles. The number of halogens is 2.